The van der Waals surface area contributed by atoms with E-state index >= 15 is 0 Å². The van der Waals surface area contributed by atoms with Crippen LogP contribution in [0.4, 0.5) is 0 Å². The number of hydrogen-bond acceptors (Lipinski definition) is 2. The first-order chi connectivity index (χ1) is 9.54. The summed E-state index contributed by atoms with van der Waals surface area (Å²) in [5.41, 5.74) is 4.95. The molecule has 0 unspecified atom stereocenters. The topological polar surface area (TPSA) is 18.5 Å². The lowest BCUT2D eigenvalue weighted by Gasteiger charge is -2.25. The van der Waals surface area contributed by atoms with Crippen molar-refractivity contribution in [2.24, 2.45) is 0 Å². The first-order valence-electron chi connectivity index (χ1n) is 6.88. The molecule has 0 bridgehead atoms. The van der Waals surface area contributed by atoms with Crippen molar-refractivity contribution in [1.82, 2.24) is 0 Å². The molecule has 2 aliphatic rings. The Bertz CT molecular complexity index is 767. The number of benzene rings is 2. The Labute approximate surface area is 118 Å². The van der Waals surface area contributed by atoms with Gasteiger partial charge in [0.25, 0.3) is 0 Å². The summed E-state index contributed by atoms with van der Waals surface area (Å²) in [7, 11) is 0. The van der Waals surface area contributed by atoms with E-state index < -0.39 is 0 Å². The van der Waals surface area contributed by atoms with Crippen molar-refractivity contribution in [3.63, 3.8) is 0 Å². The normalized spacial score (nSPS) is 15.4. The molecule has 0 radical (unpaired) electrons. The summed E-state index contributed by atoms with van der Waals surface area (Å²) in [5.74, 6) is 3.76. The molecule has 2 aliphatic heterocycles. The maximum atomic E-state index is 5.93. The molecule has 20 heavy (non-hydrogen) atoms. The zero-order valence-corrected chi connectivity index (χ0v) is 12.1. The first kappa shape index (κ1) is 11.6. The van der Waals surface area contributed by atoms with Crippen LogP contribution in [-0.2, 0) is 0 Å². The minimum Gasteiger partial charge on any atom is -0.461 e. The Morgan fingerprint density at radius 1 is 0.650 bits per heavy atom. The van der Waals surface area contributed by atoms with Crippen LogP contribution in [0.1, 0.15) is 36.1 Å². The van der Waals surface area contributed by atoms with Gasteiger partial charge in [0.05, 0.1) is 0 Å². The third kappa shape index (κ3) is 1.39. The van der Waals surface area contributed by atoms with Gasteiger partial charge in [-0.3, -0.25) is 0 Å². The van der Waals surface area contributed by atoms with Crippen molar-refractivity contribution >= 4 is 22.9 Å². The lowest BCUT2D eigenvalue weighted by atomic mass is 9.89. The van der Waals surface area contributed by atoms with E-state index in [0.29, 0.717) is 0 Å². The largest absolute Gasteiger partial charge is 0.461 e. The lowest BCUT2D eigenvalue weighted by molar-refractivity contribution is 0.428. The Balaban J connectivity index is 2.27. The fourth-order valence-corrected chi connectivity index (χ4v) is 3.21. The average Bonchev–Trinajstić information content (AvgIpc) is 2.37. The Morgan fingerprint density at radius 2 is 1.05 bits per heavy atom. The van der Waals surface area contributed by atoms with E-state index in [0.717, 1.165) is 23.0 Å². The fraction of sp³-hybridized carbons (Fsp3) is 0.222. The van der Waals surface area contributed by atoms with Gasteiger partial charge >= 0.3 is 0 Å². The van der Waals surface area contributed by atoms with E-state index in [2.05, 4.69) is 38.1 Å². The molecule has 0 amide bonds. The summed E-state index contributed by atoms with van der Waals surface area (Å²) in [6.07, 6.45) is 4.23. The predicted octanol–water partition coefficient (Wildman–Crippen LogP) is 4.96. The van der Waals surface area contributed by atoms with Crippen LogP contribution in [0.25, 0.3) is 22.9 Å². The second-order valence-electron chi connectivity index (χ2n) is 5.67. The zero-order chi connectivity index (χ0) is 14.0. The highest BCUT2D eigenvalue weighted by Crippen LogP contribution is 2.46. The molecule has 0 spiro atoms. The van der Waals surface area contributed by atoms with Crippen LogP contribution in [0.5, 0.6) is 11.5 Å². The SMILES string of the molecule is CC1=Cc2c(C)cc3c4c(c(C)cc(c24)O1)C=C(C)O3. The van der Waals surface area contributed by atoms with Crippen molar-refractivity contribution in [2.75, 3.05) is 0 Å². The molecular formula is C18H16O2. The quantitative estimate of drug-likeness (QED) is 0.669. The van der Waals surface area contributed by atoms with E-state index in [1.54, 1.807) is 0 Å². The molecule has 0 N–H and O–H groups in total. The van der Waals surface area contributed by atoms with Crippen molar-refractivity contribution in [3.8, 4) is 11.5 Å². The van der Waals surface area contributed by atoms with Gasteiger partial charge in [0.15, 0.2) is 0 Å². The van der Waals surface area contributed by atoms with Crippen LogP contribution in [0.2, 0.25) is 0 Å². The van der Waals surface area contributed by atoms with E-state index in [9.17, 15) is 0 Å². The molecule has 0 saturated heterocycles. The smallest absolute Gasteiger partial charge is 0.135 e. The lowest BCUT2D eigenvalue weighted by Crippen LogP contribution is -2.06. The molecule has 100 valence electrons. The van der Waals surface area contributed by atoms with Crippen LogP contribution in [0.15, 0.2) is 23.7 Å². The third-order valence-corrected chi connectivity index (χ3v) is 4.06. The molecular weight excluding hydrogens is 248 g/mol. The second-order valence-corrected chi connectivity index (χ2v) is 5.67. The van der Waals surface area contributed by atoms with Crippen molar-refractivity contribution in [1.29, 1.82) is 0 Å². The van der Waals surface area contributed by atoms with Gasteiger partial charge in [0.2, 0.25) is 0 Å². The Hall–Kier alpha value is -2.22. The second kappa shape index (κ2) is 3.66. The Morgan fingerprint density at radius 3 is 1.45 bits per heavy atom. The number of allylic oxidation sites excluding steroid dienone is 2. The molecule has 2 nitrogen and oxygen atoms in total. The van der Waals surface area contributed by atoms with Crippen LogP contribution in [0.3, 0.4) is 0 Å². The summed E-state index contributed by atoms with van der Waals surface area (Å²) >= 11 is 0. The van der Waals surface area contributed by atoms with E-state index in [1.165, 1.54) is 33.0 Å². The van der Waals surface area contributed by atoms with Crippen LogP contribution >= 0.6 is 0 Å². The minimum absolute atomic E-state index is 0.937. The summed E-state index contributed by atoms with van der Waals surface area (Å²) < 4.78 is 11.9. The zero-order valence-electron chi connectivity index (χ0n) is 12.1. The van der Waals surface area contributed by atoms with Gasteiger partial charge in [-0.05, 0) is 74.2 Å². The first-order valence-corrected chi connectivity index (χ1v) is 6.88. The summed E-state index contributed by atoms with van der Waals surface area (Å²) in [4.78, 5) is 0. The van der Waals surface area contributed by atoms with E-state index in [4.69, 9.17) is 9.47 Å². The minimum atomic E-state index is 0.937. The maximum Gasteiger partial charge on any atom is 0.135 e. The molecule has 2 heterocycles. The van der Waals surface area contributed by atoms with Gasteiger partial charge in [-0.15, -0.1) is 0 Å². The highest BCUT2D eigenvalue weighted by Gasteiger charge is 2.24. The van der Waals surface area contributed by atoms with Crippen LogP contribution in [-0.4, -0.2) is 0 Å². The molecule has 0 saturated carbocycles. The average molecular weight is 264 g/mol. The van der Waals surface area contributed by atoms with Gasteiger partial charge in [-0.25, -0.2) is 0 Å². The fourth-order valence-electron chi connectivity index (χ4n) is 3.21. The van der Waals surface area contributed by atoms with Gasteiger partial charge in [-0.1, -0.05) is 0 Å². The van der Waals surface area contributed by atoms with Gasteiger partial charge < -0.3 is 9.47 Å². The molecule has 4 rings (SSSR count). The molecule has 0 fully saturated rings. The number of aryl methyl sites for hydroxylation is 2. The molecule has 0 aromatic heterocycles. The Kier molecular flexibility index (Phi) is 2.12. The number of hydrogen-bond donors (Lipinski definition) is 0. The summed E-state index contributed by atoms with van der Waals surface area (Å²) in [5, 5.41) is 2.35. The molecule has 0 atom stereocenters. The highest BCUT2D eigenvalue weighted by molar-refractivity contribution is 6.07. The monoisotopic (exact) mass is 264 g/mol. The standard InChI is InChI=1S/C18H16O2/c1-9-5-15-18-14(8-12(4)19-15)10(2)6-16-17(18)13(9)7-11(3)20-16/h5-8H,1-4H3. The summed E-state index contributed by atoms with van der Waals surface area (Å²) in [6.45, 7) is 8.25. The highest BCUT2D eigenvalue weighted by atomic mass is 16.5. The van der Waals surface area contributed by atoms with Crippen molar-refractivity contribution in [3.05, 3.63) is 45.9 Å². The van der Waals surface area contributed by atoms with Crippen LogP contribution < -0.4 is 9.47 Å². The molecule has 2 aromatic carbocycles. The van der Waals surface area contributed by atoms with Crippen LogP contribution in [0, 0.1) is 13.8 Å². The predicted molar refractivity (Wildman–Crippen MR) is 82.0 cm³/mol. The van der Waals surface area contributed by atoms with Crippen molar-refractivity contribution in [2.45, 2.75) is 27.7 Å². The van der Waals surface area contributed by atoms with Gasteiger partial charge in [0, 0.05) is 10.8 Å². The van der Waals surface area contributed by atoms with E-state index in [1.807, 2.05) is 13.8 Å². The molecule has 0 aliphatic carbocycles. The number of rotatable bonds is 0. The molecule has 2 heteroatoms. The van der Waals surface area contributed by atoms with Crippen molar-refractivity contribution < 1.29 is 9.47 Å². The number of ether oxygens (including phenoxy) is 2. The third-order valence-electron chi connectivity index (χ3n) is 4.06. The van der Waals surface area contributed by atoms with E-state index in [-0.39, 0.29) is 0 Å². The molecule has 2 aromatic rings. The maximum absolute atomic E-state index is 5.93. The van der Waals surface area contributed by atoms with Gasteiger partial charge in [0.1, 0.15) is 23.0 Å². The van der Waals surface area contributed by atoms with Gasteiger partial charge in [-0.2, -0.15) is 0 Å². The summed E-state index contributed by atoms with van der Waals surface area (Å²) in [6, 6.07) is 4.27.